The second-order valence-corrected chi connectivity index (χ2v) is 7.11. The van der Waals surface area contributed by atoms with Crippen LogP contribution in [0.3, 0.4) is 0 Å². The summed E-state index contributed by atoms with van der Waals surface area (Å²) in [6.07, 6.45) is 11.9. The third-order valence-electron chi connectivity index (χ3n) is 5.44. The van der Waals surface area contributed by atoms with Crippen molar-refractivity contribution in [3.8, 4) is 0 Å². The molecule has 0 radical (unpaired) electrons. The van der Waals surface area contributed by atoms with Crippen molar-refractivity contribution in [1.82, 2.24) is 19.4 Å². The molecule has 1 saturated carbocycles. The Morgan fingerprint density at radius 2 is 2.09 bits per heavy atom. The molecule has 4 heteroatoms. The minimum absolute atomic E-state index is 0.607. The Bertz CT molecular complexity index is 670. The average molecular weight is 310 g/mol. The van der Waals surface area contributed by atoms with Gasteiger partial charge in [0, 0.05) is 68.4 Å². The van der Waals surface area contributed by atoms with Gasteiger partial charge >= 0.3 is 0 Å². The van der Waals surface area contributed by atoms with Gasteiger partial charge in [0.05, 0.1) is 0 Å². The molecule has 0 amide bonds. The van der Waals surface area contributed by atoms with Crippen LogP contribution in [0.4, 0.5) is 0 Å². The molecule has 122 valence electrons. The van der Waals surface area contributed by atoms with Crippen molar-refractivity contribution >= 4 is 0 Å². The molecule has 4 rings (SSSR count). The molecule has 2 aromatic rings. The molecule has 1 fully saturated rings. The van der Waals surface area contributed by atoms with Gasteiger partial charge in [0.15, 0.2) is 0 Å². The lowest BCUT2D eigenvalue weighted by atomic mass is 9.88. The highest BCUT2D eigenvalue weighted by molar-refractivity contribution is 5.22. The summed E-state index contributed by atoms with van der Waals surface area (Å²) in [5.74, 6) is 1.72. The number of aryl methyl sites for hydroxylation is 1. The largest absolute Gasteiger partial charge is 0.353 e. The topological polar surface area (TPSA) is 34.0 Å². The molecule has 3 heterocycles. The van der Waals surface area contributed by atoms with Crippen LogP contribution in [0.15, 0.2) is 24.5 Å². The van der Waals surface area contributed by atoms with Crippen LogP contribution >= 0.6 is 0 Å². The summed E-state index contributed by atoms with van der Waals surface area (Å²) < 4.78 is 2.21. The predicted octanol–water partition coefficient (Wildman–Crippen LogP) is 3.42. The van der Waals surface area contributed by atoms with Crippen LogP contribution in [-0.2, 0) is 26.6 Å². The second kappa shape index (κ2) is 6.44. The van der Waals surface area contributed by atoms with Crippen LogP contribution in [-0.4, -0.2) is 26.0 Å². The van der Waals surface area contributed by atoms with E-state index in [-0.39, 0.29) is 0 Å². The van der Waals surface area contributed by atoms with Crippen molar-refractivity contribution in [1.29, 1.82) is 0 Å². The van der Waals surface area contributed by atoms with E-state index < -0.39 is 0 Å². The summed E-state index contributed by atoms with van der Waals surface area (Å²) in [7, 11) is 2.12. The molecule has 1 aliphatic heterocycles. The van der Waals surface area contributed by atoms with Gasteiger partial charge in [-0.15, -0.1) is 0 Å². The lowest BCUT2D eigenvalue weighted by Gasteiger charge is -2.29. The van der Waals surface area contributed by atoms with Gasteiger partial charge in [-0.1, -0.05) is 19.3 Å². The zero-order valence-electron chi connectivity index (χ0n) is 14.0. The molecule has 0 bridgehead atoms. The highest BCUT2D eigenvalue weighted by atomic mass is 15.2. The van der Waals surface area contributed by atoms with Crippen molar-refractivity contribution < 1.29 is 0 Å². The van der Waals surface area contributed by atoms with Crippen molar-refractivity contribution in [3.63, 3.8) is 0 Å². The number of fused-ring (bicyclic) bond motifs is 1. The molecule has 4 nitrogen and oxygen atoms in total. The van der Waals surface area contributed by atoms with Crippen LogP contribution in [0.5, 0.6) is 0 Å². The maximum absolute atomic E-state index is 4.94. The molecule has 0 N–H and O–H groups in total. The fourth-order valence-corrected chi connectivity index (χ4v) is 3.97. The number of nitrogens with zero attached hydrogens (tertiary/aromatic N) is 4. The molecule has 0 unspecified atom stereocenters. The maximum Gasteiger partial charge on any atom is 0.131 e. The van der Waals surface area contributed by atoms with Gasteiger partial charge in [-0.05, 0) is 25.0 Å². The summed E-state index contributed by atoms with van der Waals surface area (Å²) in [6, 6.07) is 4.32. The highest BCUT2D eigenvalue weighted by Crippen LogP contribution is 2.31. The van der Waals surface area contributed by atoms with E-state index in [1.54, 1.807) is 0 Å². The number of hydrogen-bond donors (Lipinski definition) is 0. The van der Waals surface area contributed by atoms with Gasteiger partial charge in [0.1, 0.15) is 5.82 Å². The minimum Gasteiger partial charge on any atom is -0.353 e. The third kappa shape index (κ3) is 3.18. The minimum atomic E-state index is 0.607. The van der Waals surface area contributed by atoms with Crippen LogP contribution in [0.1, 0.15) is 60.8 Å². The SMILES string of the molecule is Cn1cccc1CN1CCc2nc(C3CCCCC3)ncc2C1. The number of hydrogen-bond acceptors (Lipinski definition) is 3. The van der Waals surface area contributed by atoms with Crippen LogP contribution in [0, 0.1) is 0 Å². The Morgan fingerprint density at radius 1 is 1.22 bits per heavy atom. The van der Waals surface area contributed by atoms with E-state index >= 15 is 0 Å². The number of aromatic nitrogens is 3. The molecule has 2 aliphatic rings. The fourth-order valence-electron chi connectivity index (χ4n) is 3.97. The first-order valence-electron chi connectivity index (χ1n) is 8.97. The Kier molecular flexibility index (Phi) is 4.17. The Hall–Kier alpha value is -1.68. The van der Waals surface area contributed by atoms with Gasteiger partial charge < -0.3 is 4.57 Å². The first-order chi connectivity index (χ1) is 11.3. The highest BCUT2D eigenvalue weighted by Gasteiger charge is 2.22. The fraction of sp³-hybridized carbons (Fsp3) is 0.579. The van der Waals surface area contributed by atoms with Gasteiger partial charge in [-0.25, -0.2) is 9.97 Å². The molecule has 23 heavy (non-hydrogen) atoms. The summed E-state index contributed by atoms with van der Waals surface area (Å²) in [5.41, 5.74) is 3.99. The third-order valence-corrected chi connectivity index (χ3v) is 5.44. The Balaban J connectivity index is 1.46. The van der Waals surface area contributed by atoms with Crippen molar-refractivity contribution in [2.24, 2.45) is 7.05 Å². The van der Waals surface area contributed by atoms with E-state index in [1.807, 2.05) is 0 Å². The summed E-state index contributed by atoms with van der Waals surface area (Å²) in [6.45, 7) is 3.08. The molecule has 0 spiro atoms. The van der Waals surface area contributed by atoms with E-state index in [4.69, 9.17) is 9.97 Å². The monoisotopic (exact) mass is 310 g/mol. The molecule has 2 aromatic heterocycles. The van der Waals surface area contributed by atoms with Crippen LogP contribution in [0.25, 0.3) is 0 Å². The van der Waals surface area contributed by atoms with E-state index in [1.165, 1.54) is 49.1 Å². The van der Waals surface area contributed by atoms with E-state index in [9.17, 15) is 0 Å². The van der Waals surface area contributed by atoms with E-state index in [0.29, 0.717) is 5.92 Å². The molecule has 1 aliphatic carbocycles. The predicted molar refractivity (Wildman–Crippen MR) is 91.1 cm³/mol. The zero-order valence-corrected chi connectivity index (χ0v) is 14.0. The first kappa shape index (κ1) is 14.9. The van der Waals surface area contributed by atoms with E-state index in [0.717, 1.165) is 31.9 Å². The molecule has 0 aromatic carbocycles. The summed E-state index contributed by atoms with van der Waals surface area (Å²) >= 11 is 0. The molecular weight excluding hydrogens is 284 g/mol. The van der Waals surface area contributed by atoms with Crippen molar-refractivity contribution in [3.05, 3.63) is 47.3 Å². The quantitative estimate of drug-likeness (QED) is 0.871. The van der Waals surface area contributed by atoms with E-state index in [2.05, 4.69) is 41.0 Å². The first-order valence-corrected chi connectivity index (χ1v) is 8.97. The smallest absolute Gasteiger partial charge is 0.131 e. The lowest BCUT2D eigenvalue weighted by Crippen LogP contribution is -2.31. The van der Waals surface area contributed by atoms with Gasteiger partial charge in [0.25, 0.3) is 0 Å². The zero-order chi connectivity index (χ0) is 15.6. The number of rotatable bonds is 3. The lowest BCUT2D eigenvalue weighted by molar-refractivity contribution is 0.237. The van der Waals surface area contributed by atoms with Gasteiger partial charge in [-0.2, -0.15) is 0 Å². The van der Waals surface area contributed by atoms with Gasteiger partial charge in [0.2, 0.25) is 0 Å². The van der Waals surface area contributed by atoms with Gasteiger partial charge in [-0.3, -0.25) is 4.90 Å². The van der Waals surface area contributed by atoms with Crippen LogP contribution < -0.4 is 0 Å². The molecular formula is C19H26N4. The van der Waals surface area contributed by atoms with Crippen molar-refractivity contribution in [2.75, 3.05) is 6.54 Å². The van der Waals surface area contributed by atoms with Crippen molar-refractivity contribution in [2.45, 2.75) is 57.5 Å². The Morgan fingerprint density at radius 3 is 2.87 bits per heavy atom. The molecule has 0 atom stereocenters. The normalized spacial score (nSPS) is 19.7. The van der Waals surface area contributed by atoms with Crippen LogP contribution in [0.2, 0.25) is 0 Å². The Labute approximate surface area is 138 Å². The summed E-state index contributed by atoms with van der Waals surface area (Å²) in [5, 5.41) is 0. The maximum atomic E-state index is 4.94. The second-order valence-electron chi connectivity index (χ2n) is 7.11. The average Bonchev–Trinajstić information content (AvgIpc) is 3.00. The molecule has 0 saturated heterocycles. The summed E-state index contributed by atoms with van der Waals surface area (Å²) in [4.78, 5) is 12.2. The standard InChI is InChI=1S/C19H26N4/c1-22-10-5-8-17(22)14-23-11-9-18-16(13-23)12-20-19(21-18)15-6-3-2-4-7-15/h5,8,10,12,15H,2-4,6-7,9,11,13-14H2,1H3.